The van der Waals surface area contributed by atoms with Gasteiger partial charge >= 0.3 is 0 Å². The van der Waals surface area contributed by atoms with Crippen molar-refractivity contribution in [3.05, 3.63) is 22.2 Å². The lowest BCUT2D eigenvalue weighted by Gasteiger charge is -2.47. The summed E-state index contributed by atoms with van der Waals surface area (Å²) in [6.45, 7) is 6.06. The smallest absolute Gasteiger partial charge is 0.239 e. The van der Waals surface area contributed by atoms with Crippen LogP contribution in [0.1, 0.15) is 51.6 Å². The second-order valence-corrected chi connectivity index (χ2v) is 8.66. The fraction of sp³-hybridized carbons (Fsp3) is 0.667. The molecule has 130 valence electrons. The molecular weight excluding hydrogens is 373 g/mol. The number of likely N-dealkylation sites (tertiary alicyclic amines) is 1. The first-order valence-electron chi connectivity index (χ1n) is 8.84. The highest BCUT2D eigenvalue weighted by Crippen LogP contribution is 2.46. The van der Waals surface area contributed by atoms with Crippen LogP contribution in [0.15, 0.2) is 10.5 Å². The number of amides is 1. The highest BCUT2D eigenvalue weighted by molar-refractivity contribution is 9.10. The number of aromatic nitrogens is 1. The number of pyridine rings is 1. The molecule has 24 heavy (non-hydrogen) atoms. The molecule has 1 saturated heterocycles. The van der Waals surface area contributed by atoms with Crippen molar-refractivity contribution in [2.75, 3.05) is 18.0 Å². The van der Waals surface area contributed by atoms with Gasteiger partial charge in [-0.1, -0.05) is 6.42 Å². The molecule has 0 unspecified atom stereocenters. The van der Waals surface area contributed by atoms with E-state index in [0.717, 1.165) is 18.5 Å². The van der Waals surface area contributed by atoms with Crippen molar-refractivity contribution in [1.29, 1.82) is 0 Å². The van der Waals surface area contributed by atoms with E-state index in [0.29, 0.717) is 16.2 Å². The number of hydrogen-bond acceptors (Lipinski definition) is 3. The predicted octanol–water partition coefficient (Wildman–Crippen LogP) is 3.62. The molecule has 1 saturated carbocycles. The van der Waals surface area contributed by atoms with Gasteiger partial charge in [-0.2, -0.15) is 4.39 Å². The lowest BCUT2D eigenvalue weighted by atomic mass is 9.83. The van der Waals surface area contributed by atoms with Gasteiger partial charge in [0, 0.05) is 12.1 Å². The van der Waals surface area contributed by atoms with E-state index in [-0.39, 0.29) is 11.9 Å². The van der Waals surface area contributed by atoms with Gasteiger partial charge in [0.25, 0.3) is 0 Å². The quantitative estimate of drug-likeness (QED) is 0.717. The first-order valence-corrected chi connectivity index (χ1v) is 9.63. The number of halogens is 2. The number of anilines is 1. The van der Waals surface area contributed by atoms with Crippen LogP contribution in [0.5, 0.6) is 0 Å². The van der Waals surface area contributed by atoms with E-state index < -0.39 is 11.4 Å². The van der Waals surface area contributed by atoms with Gasteiger partial charge in [-0.25, -0.2) is 4.98 Å². The summed E-state index contributed by atoms with van der Waals surface area (Å²) >= 11 is 3.21. The average molecular weight is 396 g/mol. The van der Waals surface area contributed by atoms with Crippen molar-refractivity contribution in [1.82, 2.24) is 9.88 Å². The Bertz CT molecular complexity index is 681. The summed E-state index contributed by atoms with van der Waals surface area (Å²) in [5.41, 5.74) is 0.586. The van der Waals surface area contributed by atoms with Crippen molar-refractivity contribution >= 4 is 27.5 Å². The van der Waals surface area contributed by atoms with Gasteiger partial charge in [-0.3, -0.25) is 4.79 Å². The molecule has 1 aromatic heterocycles. The Morgan fingerprint density at radius 3 is 2.54 bits per heavy atom. The fourth-order valence-corrected chi connectivity index (χ4v) is 4.63. The molecule has 0 atom stereocenters. The molecule has 3 heterocycles. The Kier molecular flexibility index (Phi) is 3.95. The number of hydrogen-bond donors (Lipinski definition) is 0. The van der Waals surface area contributed by atoms with Crippen LogP contribution in [-0.2, 0) is 10.2 Å². The van der Waals surface area contributed by atoms with E-state index in [9.17, 15) is 9.18 Å². The molecule has 2 aliphatic heterocycles. The van der Waals surface area contributed by atoms with Gasteiger partial charge in [0.05, 0.1) is 21.3 Å². The monoisotopic (exact) mass is 395 g/mol. The third-order valence-corrected chi connectivity index (χ3v) is 6.43. The maximum absolute atomic E-state index is 13.9. The largest absolute Gasteiger partial charge is 0.307 e. The van der Waals surface area contributed by atoms with Crippen LogP contribution in [0.2, 0.25) is 0 Å². The number of fused-ring (bicyclic) bond motifs is 1. The van der Waals surface area contributed by atoms with Crippen LogP contribution >= 0.6 is 15.9 Å². The molecular formula is C18H23BrFN3O. The van der Waals surface area contributed by atoms with Crippen molar-refractivity contribution in [2.24, 2.45) is 0 Å². The van der Waals surface area contributed by atoms with Crippen LogP contribution in [0.25, 0.3) is 0 Å². The highest BCUT2D eigenvalue weighted by Gasteiger charge is 2.51. The number of piperidine rings is 1. The first kappa shape index (κ1) is 16.5. The molecule has 1 amide bonds. The number of carbonyl (C=O) groups excluding carboxylic acids is 1. The van der Waals surface area contributed by atoms with Crippen LogP contribution in [-0.4, -0.2) is 41.0 Å². The Hall–Kier alpha value is -1.01. The minimum Gasteiger partial charge on any atom is -0.307 e. The Labute approximate surface area is 150 Å². The minimum atomic E-state index is -0.757. The van der Waals surface area contributed by atoms with Crippen LogP contribution in [0.4, 0.5) is 10.1 Å². The van der Waals surface area contributed by atoms with E-state index in [2.05, 4.69) is 25.8 Å². The molecule has 0 radical (unpaired) electrons. The molecule has 1 aliphatic carbocycles. The maximum atomic E-state index is 13.9. The standard InChI is InChI=1S/C18H23BrFN3O/c1-18(2)15-14(10-13(19)16(20)21-15)23(17(18)24)12-8-11(9-12)22-6-4-3-5-7-22/h10-12H,3-9H2,1-2H3/t11-,12+. The lowest BCUT2D eigenvalue weighted by molar-refractivity contribution is -0.123. The molecule has 2 fully saturated rings. The minimum absolute atomic E-state index is 0.0459. The van der Waals surface area contributed by atoms with Crippen molar-refractivity contribution in [3.8, 4) is 0 Å². The lowest BCUT2D eigenvalue weighted by Crippen LogP contribution is -2.57. The Morgan fingerprint density at radius 2 is 1.88 bits per heavy atom. The topological polar surface area (TPSA) is 36.4 Å². The van der Waals surface area contributed by atoms with E-state index in [1.807, 2.05) is 18.7 Å². The summed E-state index contributed by atoms with van der Waals surface area (Å²) in [7, 11) is 0. The summed E-state index contributed by atoms with van der Waals surface area (Å²) in [5, 5.41) is 0. The normalized spacial score (nSPS) is 29.5. The van der Waals surface area contributed by atoms with Gasteiger partial charge in [-0.15, -0.1) is 0 Å². The summed E-state index contributed by atoms with van der Waals surface area (Å²) < 4.78 is 14.2. The summed E-state index contributed by atoms with van der Waals surface area (Å²) in [6, 6.07) is 2.52. The summed E-state index contributed by atoms with van der Waals surface area (Å²) in [6.07, 6.45) is 5.93. The molecule has 4 nitrogen and oxygen atoms in total. The van der Waals surface area contributed by atoms with Crippen molar-refractivity contribution < 1.29 is 9.18 Å². The van der Waals surface area contributed by atoms with Crippen LogP contribution < -0.4 is 4.90 Å². The number of rotatable bonds is 2. The zero-order chi connectivity index (χ0) is 17.1. The maximum Gasteiger partial charge on any atom is 0.239 e. The van der Waals surface area contributed by atoms with Crippen LogP contribution in [0, 0.1) is 5.95 Å². The van der Waals surface area contributed by atoms with E-state index in [1.165, 1.54) is 32.4 Å². The fourth-order valence-electron chi connectivity index (χ4n) is 4.33. The third-order valence-electron chi connectivity index (χ3n) is 5.88. The molecule has 3 aliphatic rings. The number of carbonyl (C=O) groups is 1. The van der Waals surface area contributed by atoms with Crippen LogP contribution in [0.3, 0.4) is 0 Å². The average Bonchev–Trinajstić information content (AvgIpc) is 2.69. The molecule has 0 bridgehead atoms. The highest BCUT2D eigenvalue weighted by atomic mass is 79.9. The molecule has 6 heteroatoms. The molecule has 0 spiro atoms. The van der Waals surface area contributed by atoms with Gasteiger partial charge in [0.2, 0.25) is 11.9 Å². The van der Waals surface area contributed by atoms with Gasteiger partial charge in [0.1, 0.15) is 0 Å². The Morgan fingerprint density at radius 1 is 1.21 bits per heavy atom. The van der Waals surface area contributed by atoms with Crippen molar-refractivity contribution in [2.45, 2.75) is 63.5 Å². The summed E-state index contributed by atoms with van der Waals surface area (Å²) in [4.78, 5) is 21.5. The molecule has 4 rings (SSSR count). The van der Waals surface area contributed by atoms with Gasteiger partial charge in [0.15, 0.2) is 0 Å². The predicted molar refractivity (Wildman–Crippen MR) is 94.6 cm³/mol. The zero-order valence-corrected chi connectivity index (χ0v) is 15.8. The summed E-state index contributed by atoms with van der Waals surface area (Å²) in [5.74, 6) is -0.499. The second kappa shape index (κ2) is 5.77. The SMILES string of the molecule is CC1(C)C(=O)N([C@H]2C[C@@H](N3CCCCC3)C2)c2cc(Br)c(F)nc21. The van der Waals surface area contributed by atoms with E-state index in [1.54, 1.807) is 6.07 Å². The second-order valence-electron chi connectivity index (χ2n) is 7.80. The zero-order valence-electron chi connectivity index (χ0n) is 14.2. The van der Waals surface area contributed by atoms with Gasteiger partial charge in [-0.05, 0) is 74.6 Å². The van der Waals surface area contributed by atoms with E-state index in [4.69, 9.17) is 0 Å². The third kappa shape index (κ3) is 2.41. The van der Waals surface area contributed by atoms with Crippen molar-refractivity contribution in [3.63, 3.8) is 0 Å². The molecule has 0 N–H and O–H groups in total. The number of nitrogens with zero attached hydrogens (tertiary/aromatic N) is 3. The van der Waals surface area contributed by atoms with Gasteiger partial charge < -0.3 is 9.80 Å². The first-order chi connectivity index (χ1) is 11.4. The van der Waals surface area contributed by atoms with E-state index >= 15 is 0 Å². The Balaban J connectivity index is 1.57. The molecule has 0 aromatic carbocycles. The molecule has 1 aromatic rings.